The Kier molecular flexibility index (Phi) is 5.11. The van der Waals surface area contributed by atoms with Gasteiger partial charge in [-0.2, -0.15) is 0 Å². The molecular formula is C19H23N3O2. The van der Waals surface area contributed by atoms with E-state index in [1.165, 1.54) is 0 Å². The Morgan fingerprint density at radius 1 is 1.21 bits per heavy atom. The number of nitrogens with one attached hydrogen (secondary N) is 1. The van der Waals surface area contributed by atoms with Crippen molar-refractivity contribution in [3.8, 4) is 0 Å². The van der Waals surface area contributed by atoms with Crippen molar-refractivity contribution in [1.82, 2.24) is 10.3 Å². The molecule has 5 nitrogen and oxygen atoms in total. The van der Waals surface area contributed by atoms with Crippen LogP contribution in [0.25, 0.3) is 0 Å². The first kappa shape index (κ1) is 16.5. The van der Waals surface area contributed by atoms with Crippen LogP contribution in [0, 0.1) is 13.8 Å². The van der Waals surface area contributed by atoms with Gasteiger partial charge in [0.2, 0.25) is 0 Å². The van der Waals surface area contributed by atoms with Crippen LogP contribution < -0.4 is 10.2 Å². The number of aryl methyl sites for hydroxylation is 2. The van der Waals surface area contributed by atoms with Crippen molar-refractivity contribution in [3.05, 3.63) is 58.8 Å². The minimum atomic E-state index is -0.0569. The number of benzene rings is 1. The number of rotatable bonds is 4. The molecule has 1 fully saturated rings. The highest BCUT2D eigenvalue weighted by Crippen LogP contribution is 2.18. The molecule has 0 aliphatic carbocycles. The summed E-state index contributed by atoms with van der Waals surface area (Å²) in [5.41, 5.74) is 3.91. The van der Waals surface area contributed by atoms with Crippen LogP contribution in [0.3, 0.4) is 0 Å². The second-order valence-electron chi connectivity index (χ2n) is 6.14. The summed E-state index contributed by atoms with van der Waals surface area (Å²) in [6.07, 6.45) is 1.79. The molecule has 1 saturated heterocycles. The fraction of sp³-hybridized carbons (Fsp3) is 0.368. The number of aromatic nitrogens is 1. The number of ether oxygens (including phenoxy) is 1. The first-order valence-electron chi connectivity index (χ1n) is 8.26. The summed E-state index contributed by atoms with van der Waals surface area (Å²) < 4.78 is 5.40. The van der Waals surface area contributed by atoms with Gasteiger partial charge in [0.15, 0.2) is 0 Å². The van der Waals surface area contributed by atoms with Crippen molar-refractivity contribution in [2.75, 3.05) is 31.2 Å². The predicted octanol–water partition coefficient (Wildman–Crippen LogP) is 2.47. The highest BCUT2D eigenvalue weighted by atomic mass is 16.5. The number of amides is 1. The fourth-order valence-electron chi connectivity index (χ4n) is 3.01. The van der Waals surface area contributed by atoms with Crippen LogP contribution in [0.4, 0.5) is 5.82 Å². The smallest absolute Gasteiger partial charge is 0.251 e. The van der Waals surface area contributed by atoms with Crippen molar-refractivity contribution in [2.24, 2.45) is 0 Å². The average molecular weight is 325 g/mol. The van der Waals surface area contributed by atoms with Crippen molar-refractivity contribution >= 4 is 11.7 Å². The van der Waals surface area contributed by atoms with Gasteiger partial charge < -0.3 is 15.0 Å². The molecule has 2 heterocycles. The highest BCUT2D eigenvalue weighted by molar-refractivity contribution is 5.94. The van der Waals surface area contributed by atoms with Gasteiger partial charge in [-0.05, 0) is 32.0 Å². The van der Waals surface area contributed by atoms with Gasteiger partial charge in [-0.25, -0.2) is 4.98 Å². The maximum absolute atomic E-state index is 12.4. The molecule has 1 aliphatic rings. The summed E-state index contributed by atoms with van der Waals surface area (Å²) in [6.45, 7) is 7.55. The number of pyridine rings is 1. The Labute approximate surface area is 142 Å². The lowest BCUT2D eigenvalue weighted by molar-refractivity contribution is 0.0950. The van der Waals surface area contributed by atoms with Gasteiger partial charge in [-0.1, -0.05) is 23.3 Å². The van der Waals surface area contributed by atoms with Crippen LogP contribution in [0.5, 0.6) is 0 Å². The first-order chi connectivity index (χ1) is 11.6. The number of nitrogens with zero attached hydrogens (tertiary/aromatic N) is 2. The number of morpholine rings is 1. The molecule has 0 bridgehead atoms. The Morgan fingerprint density at radius 3 is 2.62 bits per heavy atom. The third-order valence-corrected chi connectivity index (χ3v) is 4.10. The molecule has 0 saturated carbocycles. The van der Waals surface area contributed by atoms with E-state index in [0.717, 1.165) is 35.6 Å². The van der Waals surface area contributed by atoms with Crippen molar-refractivity contribution in [1.29, 1.82) is 0 Å². The molecule has 0 radical (unpaired) electrons. The van der Waals surface area contributed by atoms with E-state index in [9.17, 15) is 4.79 Å². The molecule has 2 aromatic rings. The highest BCUT2D eigenvalue weighted by Gasteiger charge is 2.16. The summed E-state index contributed by atoms with van der Waals surface area (Å²) >= 11 is 0. The van der Waals surface area contributed by atoms with Crippen LogP contribution in [0.1, 0.15) is 27.0 Å². The number of hydrogen-bond donors (Lipinski definition) is 1. The second-order valence-corrected chi connectivity index (χ2v) is 6.14. The van der Waals surface area contributed by atoms with E-state index in [0.29, 0.717) is 25.3 Å². The average Bonchev–Trinajstić information content (AvgIpc) is 2.60. The van der Waals surface area contributed by atoms with Crippen LogP contribution in [0.2, 0.25) is 0 Å². The Bertz CT molecular complexity index is 704. The summed E-state index contributed by atoms with van der Waals surface area (Å²) in [5.74, 6) is 0.875. The molecule has 1 aromatic carbocycles. The van der Waals surface area contributed by atoms with E-state index in [1.807, 2.05) is 38.1 Å². The molecule has 1 amide bonds. The number of hydrogen-bond acceptors (Lipinski definition) is 4. The molecule has 0 spiro atoms. The monoisotopic (exact) mass is 325 g/mol. The number of carbonyl (C=O) groups excluding carboxylic acids is 1. The van der Waals surface area contributed by atoms with E-state index in [2.05, 4.69) is 21.3 Å². The number of anilines is 1. The Balaban J connectivity index is 1.71. The maximum atomic E-state index is 12.4. The molecule has 126 valence electrons. The van der Waals surface area contributed by atoms with E-state index >= 15 is 0 Å². The van der Waals surface area contributed by atoms with E-state index < -0.39 is 0 Å². The van der Waals surface area contributed by atoms with Gasteiger partial charge in [0, 0.05) is 37.0 Å². The van der Waals surface area contributed by atoms with Gasteiger partial charge in [0.1, 0.15) is 5.82 Å². The summed E-state index contributed by atoms with van der Waals surface area (Å²) in [7, 11) is 0. The normalized spacial score (nSPS) is 14.5. The molecule has 0 unspecified atom stereocenters. The second kappa shape index (κ2) is 7.45. The lowest BCUT2D eigenvalue weighted by Crippen LogP contribution is -2.37. The molecule has 0 atom stereocenters. The number of carbonyl (C=O) groups is 1. The van der Waals surface area contributed by atoms with Crippen LogP contribution in [-0.2, 0) is 11.3 Å². The van der Waals surface area contributed by atoms with Crippen molar-refractivity contribution < 1.29 is 9.53 Å². The standard InChI is InChI=1S/C19H23N3O2/c1-14-10-15(2)12-17(11-14)19(23)21-13-16-4-3-5-20-18(16)22-6-8-24-9-7-22/h3-5,10-12H,6-9,13H2,1-2H3,(H,21,23). The minimum Gasteiger partial charge on any atom is -0.378 e. The van der Waals surface area contributed by atoms with Gasteiger partial charge in [-0.15, -0.1) is 0 Å². The van der Waals surface area contributed by atoms with Crippen LogP contribution in [0.15, 0.2) is 36.5 Å². The zero-order chi connectivity index (χ0) is 16.9. The zero-order valence-electron chi connectivity index (χ0n) is 14.2. The van der Waals surface area contributed by atoms with Crippen LogP contribution in [-0.4, -0.2) is 37.2 Å². The van der Waals surface area contributed by atoms with Crippen molar-refractivity contribution in [3.63, 3.8) is 0 Å². The van der Waals surface area contributed by atoms with Gasteiger partial charge in [0.05, 0.1) is 13.2 Å². The molecule has 1 aliphatic heterocycles. The topological polar surface area (TPSA) is 54.5 Å². The largest absolute Gasteiger partial charge is 0.378 e. The Morgan fingerprint density at radius 2 is 1.92 bits per heavy atom. The summed E-state index contributed by atoms with van der Waals surface area (Å²) in [5, 5.41) is 3.01. The van der Waals surface area contributed by atoms with Gasteiger partial charge in [0.25, 0.3) is 5.91 Å². The zero-order valence-corrected chi connectivity index (χ0v) is 14.2. The molecule has 1 aromatic heterocycles. The van der Waals surface area contributed by atoms with Gasteiger partial charge >= 0.3 is 0 Å². The van der Waals surface area contributed by atoms with Gasteiger partial charge in [-0.3, -0.25) is 4.79 Å². The molecular weight excluding hydrogens is 302 g/mol. The van der Waals surface area contributed by atoms with E-state index in [1.54, 1.807) is 6.20 Å². The SMILES string of the molecule is Cc1cc(C)cc(C(=O)NCc2cccnc2N2CCOCC2)c1. The quantitative estimate of drug-likeness (QED) is 0.938. The summed E-state index contributed by atoms with van der Waals surface area (Å²) in [6, 6.07) is 9.80. The lowest BCUT2D eigenvalue weighted by Gasteiger charge is -2.29. The summed E-state index contributed by atoms with van der Waals surface area (Å²) in [4.78, 5) is 19.2. The molecule has 5 heteroatoms. The van der Waals surface area contributed by atoms with E-state index in [4.69, 9.17) is 4.74 Å². The predicted molar refractivity (Wildman–Crippen MR) is 94.4 cm³/mol. The minimum absolute atomic E-state index is 0.0569. The van der Waals surface area contributed by atoms with Crippen LogP contribution >= 0.6 is 0 Å². The maximum Gasteiger partial charge on any atom is 0.251 e. The lowest BCUT2D eigenvalue weighted by atomic mass is 10.1. The first-order valence-corrected chi connectivity index (χ1v) is 8.26. The molecule has 3 rings (SSSR count). The fourth-order valence-corrected chi connectivity index (χ4v) is 3.01. The van der Waals surface area contributed by atoms with Crippen molar-refractivity contribution in [2.45, 2.75) is 20.4 Å². The third kappa shape index (κ3) is 3.92. The molecule has 1 N–H and O–H groups in total. The molecule has 24 heavy (non-hydrogen) atoms. The third-order valence-electron chi connectivity index (χ3n) is 4.10. The van der Waals surface area contributed by atoms with E-state index in [-0.39, 0.29) is 5.91 Å². The Hall–Kier alpha value is -2.40.